The van der Waals surface area contributed by atoms with E-state index in [1.807, 2.05) is 11.8 Å². The fourth-order valence-electron chi connectivity index (χ4n) is 2.64. The van der Waals surface area contributed by atoms with Crippen molar-refractivity contribution in [3.05, 3.63) is 35.6 Å². The fourth-order valence-corrected chi connectivity index (χ4v) is 4.13. The summed E-state index contributed by atoms with van der Waals surface area (Å²) >= 11 is 0. The molecule has 5 nitrogen and oxygen atoms in total. The molecule has 1 atom stereocenters. The van der Waals surface area contributed by atoms with Gasteiger partial charge in [-0.25, -0.2) is 12.8 Å². The largest absolute Gasteiger partial charge is 0.282 e. The minimum Gasteiger partial charge on any atom is -0.282 e. The van der Waals surface area contributed by atoms with Gasteiger partial charge >= 0.3 is 0 Å². The van der Waals surface area contributed by atoms with Crippen molar-refractivity contribution >= 4 is 10.0 Å². The van der Waals surface area contributed by atoms with Crippen LogP contribution in [-0.2, 0) is 10.0 Å². The molecule has 0 bridgehead atoms. The van der Waals surface area contributed by atoms with Crippen LogP contribution < -0.4 is 0 Å². The van der Waals surface area contributed by atoms with Crippen LogP contribution in [0.5, 0.6) is 0 Å². The maximum Gasteiger partial charge on any atom is 0.214 e. The summed E-state index contributed by atoms with van der Waals surface area (Å²) in [6.07, 6.45) is 0.596. The van der Waals surface area contributed by atoms with Crippen LogP contribution in [0.1, 0.15) is 24.9 Å². The van der Waals surface area contributed by atoms with Crippen molar-refractivity contribution in [2.45, 2.75) is 19.4 Å². The van der Waals surface area contributed by atoms with E-state index in [0.29, 0.717) is 32.6 Å². The van der Waals surface area contributed by atoms with Crippen molar-refractivity contribution in [1.82, 2.24) is 9.21 Å². The van der Waals surface area contributed by atoms with E-state index >= 15 is 0 Å². The number of piperazine rings is 1. The molecule has 1 aliphatic rings. The Balaban J connectivity index is 2.04. The summed E-state index contributed by atoms with van der Waals surface area (Å²) in [4.78, 5) is 1.94. The number of benzene rings is 1. The van der Waals surface area contributed by atoms with Crippen molar-refractivity contribution in [2.24, 2.45) is 0 Å². The zero-order chi connectivity index (χ0) is 16.2. The first-order chi connectivity index (χ1) is 10.5. The second-order valence-electron chi connectivity index (χ2n) is 5.33. The Labute approximate surface area is 131 Å². The summed E-state index contributed by atoms with van der Waals surface area (Å²) < 4.78 is 38.6. The van der Waals surface area contributed by atoms with E-state index in [-0.39, 0.29) is 11.6 Å². The van der Waals surface area contributed by atoms with Crippen LogP contribution in [0.25, 0.3) is 0 Å². The number of hydrogen-bond acceptors (Lipinski definition) is 4. The zero-order valence-corrected chi connectivity index (χ0v) is 13.4. The molecule has 0 spiro atoms. The number of rotatable bonds is 5. The molecule has 2 rings (SSSR count). The van der Waals surface area contributed by atoms with Gasteiger partial charge in [0, 0.05) is 26.2 Å². The molecule has 1 aliphatic heterocycles. The Morgan fingerprint density at radius 3 is 2.32 bits per heavy atom. The van der Waals surface area contributed by atoms with Crippen molar-refractivity contribution in [1.29, 1.82) is 5.26 Å². The Morgan fingerprint density at radius 1 is 1.23 bits per heavy atom. The van der Waals surface area contributed by atoms with E-state index in [1.54, 1.807) is 12.1 Å². The summed E-state index contributed by atoms with van der Waals surface area (Å²) in [5.74, 6) is -0.178. The molecule has 0 aliphatic carbocycles. The van der Waals surface area contributed by atoms with Gasteiger partial charge in [-0.1, -0.05) is 19.1 Å². The first kappa shape index (κ1) is 16.9. The highest BCUT2D eigenvalue weighted by molar-refractivity contribution is 7.89. The standard InChI is InChI=1S/C15H20FN3O2S/c1-2-11-22(20,21)19-9-7-18(8-10-19)15(12-17)13-3-5-14(16)6-4-13/h3-6,15H,2,7-11H2,1H3. The maximum absolute atomic E-state index is 13.0. The van der Waals surface area contributed by atoms with Crippen LogP contribution in [0.3, 0.4) is 0 Å². The summed E-state index contributed by atoms with van der Waals surface area (Å²) in [5.41, 5.74) is 0.730. The van der Waals surface area contributed by atoms with Crippen LogP contribution in [0, 0.1) is 17.1 Å². The van der Waals surface area contributed by atoms with Gasteiger partial charge in [0.15, 0.2) is 0 Å². The van der Waals surface area contributed by atoms with E-state index in [1.165, 1.54) is 16.4 Å². The van der Waals surface area contributed by atoms with Gasteiger partial charge in [0.1, 0.15) is 11.9 Å². The van der Waals surface area contributed by atoms with Crippen molar-refractivity contribution in [3.8, 4) is 6.07 Å². The third kappa shape index (κ3) is 3.83. The number of halogens is 1. The summed E-state index contributed by atoms with van der Waals surface area (Å²) in [7, 11) is -3.19. The lowest BCUT2D eigenvalue weighted by Crippen LogP contribution is -2.49. The number of sulfonamides is 1. The molecule has 22 heavy (non-hydrogen) atoms. The minimum atomic E-state index is -3.19. The van der Waals surface area contributed by atoms with E-state index in [4.69, 9.17) is 0 Å². The number of nitriles is 1. The van der Waals surface area contributed by atoms with E-state index in [9.17, 15) is 18.1 Å². The van der Waals surface area contributed by atoms with Crippen LogP contribution in [0.4, 0.5) is 4.39 Å². The van der Waals surface area contributed by atoms with E-state index in [2.05, 4.69) is 6.07 Å². The summed E-state index contributed by atoms with van der Waals surface area (Å²) in [6, 6.07) is 7.62. The molecule has 1 aromatic carbocycles. The summed E-state index contributed by atoms with van der Waals surface area (Å²) in [5, 5.41) is 9.39. The minimum absolute atomic E-state index is 0.159. The van der Waals surface area contributed by atoms with E-state index < -0.39 is 16.1 Å². The average molecular weight is 325 g/mol. The fraction of sp³-hybridized carbons (Fsp3) is 0.533. The SMILES string of the molecule is CCCS(=O)(=O)N1CCN(C(C#N)c2ccc(F)cc2)CC1. The Morgan fingerprint density at radius 2 is 1.82 bits per heavy atom. The molecular formula is C15H20FN3O2S. The lowest BCUT2D eigenvalue weighted by molar-refractivity contribution is 0.162. The number of nitrogens with zero attached hydrogens (tertiary/aromatic N) is 3. The van der Waals surface area contributed by atoms with Gasteiger partial charge in [-0.3, -0.25) is 4.90 Å². The van der Waals surface area contributed by atoms with Gasteiger partial charge in [-0.05, 0) is 24.1 Å². The highest BCUT2D eigenvalue weighted by Crippen LogP contribution is 2.22. The molecule has 0 aromatic heterocycles. The number of hydrogen-bond donors (Lipinski definition) is 0. The predicted molar refractivity (Wildman–Crippen MR) is 82.0 cm³/mol. The summed E-state index contributed by atoms with van der Waals surface area (Å²) in [6.45, 7) is 3.62. The quantitative estimate of drug-likeness (QED) is 0.827. The van der Waals surface area contributed by atoms with Crippen molar-refractivity contribution in [2.75, 3.05) is 31.9 Å². The molecular weight excluding hydrogens is 305 g/mol. The molecule has 0 saturated carbocycles. The first-order valence-corrected chi connectivity index (χ1v) is 8.96. The van der Waals surface area contributed by atoms with Crippen molar-refractivity contribution in [3.63, 3.8) is 0 Å². The average Bonchev–Trinajstić information content (AvgIpc) is 2.50. The topological polar surface area (TPSA) is 64.4 Å². The predicted octanol–water partition coefficient (Wildman–Crippen LogP) is 1.75. The molecule has 1 saturated heterocycles. The smallest absolute Gasteiger partial charge is 0.214 e. The first-order valence-electron chi connectivity index (χ1n) is 7.35. The Kier molecular flexibility index (Phi) is 5.51. The van der Waals surface area contributed by atoms with Gasteiger partial charge in [0.2, 0.25) is 10.0 Å². The van der Waals surface area contributed by atoms with Crippen LogP contribution in [0.15, 0.2) is 24.3 Å². The highest BCUT2D eigenvalue weighted by atomic mass is 32.2. The molecule has 1 unspecified atom stereocenters. The highest BCUT2D eigenvalue weighted by Gasteiger charge is 2.30. The lowest BCUT2D eigenvalue weighted by Gasteiger charge is -2.36. The molecule has 1 aromatic rings. The van der Waals surface area contributed by atoms with Crippen LogP contribution >= 0.6 is 0 Å². The molecule has 0 radical (unpaired) electrons. The molecule has 0 amide bonds. The van der Waals surface area contributed by atoms with Gasteiger partial charge < -0.3 is 0 Å². The van der Waals surface area contributed by atoms with Crippen LogP contribution in [0.2, 0.25) is 0 Å². The molecule has 1 fully saturated rings. The van der Waals surface area contributed by atoms with Gasteiger partial charge in [-0.15, -0.1) is 0 Å². The Bertz CT molecular complexity index is 632. The van der Waals surface area contributed by atoms with E-state index in [0.717, 1.165) is 5.56 Å². The second-order valence-corrected chi connectivity index (χ2v) is 7.42. The van der Waals surface area contributed by atoms with Crippen molar-refractivity contribution < 1.29 is 12.8 Å². The van der Waals surface area contributed by atoms with Crippen LogP contribution in [-0.4, -0.2) is 49.6 Å². The molecule has 1 heterocycles. The zero-order valence-electron chi connectivity index (χ0n) is 12.6. The van der Waals surface area contributed by atoms with Gasteiger partial charge in [0.05, 0.1) is 11.8 Å². The third-order valence-corrected chi connectivity index (χ3v) is 5.88. The molecule has 0 N–H and O–H groups in total. The molecule has 120 valence electrons. The lowest BCUT2D eigenvalue weighted by atomic mass is 10.1. The monoisotopic (exact) mass is 325 g/mol. The normalized spacial score (nSPS) is 18.8. The van der Waals surface area contributed by atoms with Gasteiger partial charge in [-0.2, -0.15) is 9.57 Å². The maximum atomic E-state index is 13.0. The second kappa shape index (κ2) is 7.18. The molecule has 7 heteroatoms. The van der Waals surface area contributed by atoms with Gasteiger partial charge in [0.25, 0.3) is 0 Å². The Hall–Kier alpha value is -1.49. The third-order valence-electron chi connectivity index (χ3n) is 3.80.